The number of carboxylic acids is 2. The van der Waals surface area contributed by atoms with Crippen molar-refractivity contribution in [2.24, 2.45) is 0 Å². The number of rotatable bonds is 24. The van der Waals surface area contributed by atoms with Gasteiger partial charge in [0, 0.05) is 32.6 Å². The maximum Gasteiger partial charge on any atom is 0.318 e. The number of carbonyl (C=O) groups is 3. The minimum absolute atomic E-state index is 0.143. The third-order valence-corrected chi connectivity index (χ3v) is 5.04. The zero-order chi connectivity index (χ0) is 23.9. The van der Waals surface area contributed by atoms with E-state index in [9.17, 15) is 14.4 Å². The van der Waals surface area contributed by atoms with Gasteiger partial charge in [-0.25, -0.2) is 10.9 Å². The fraction of sp³-hybridized carbons (Fsp3) is 0.864. The lowest BCUT2D eigenvalue weighted by Gasteiger charge is -2.23. The van der Waals surface area contributed by atoms with E-state index in [4.69, 9.17) is 10.2 Å². The van der Waals surface area contributed by atoms with Crippen LogP contribution in [-0.4, -0.2) is 72.2 Å². The molecule has 0 aromatic carbocycles. The van der Waals surface area contributed by atoms with Gasteiger partial charge in [-0.1, -0.05) is 58.3 Å². The van der Waals surface area contributed by atoms with E-state index < -0.39 is 11.9 Å². The van der Waals surface area contributed by atoms with Crippen molar-refractivity contribution >= 4 is 17.8 Å². The molecule has 10 nitrogen and oxygen atoms in total. The summed E-state index contributed by atoms with van der Waals surface area (Å²) in [5, 5.41) is 17.2. The predicted molar refractivity (Wildman–Crippen MR) is 125 cm³/mol. The van der Waals surface area contributed by atoms with Crippen LogP contribution in [0.4, 0.5) is 0 Å². The van der Waals surface area contributed by atoms with Crippen molar-refractivity contribution in [3.8, 4) is 0 Å². The standard InChI is InChI=1S/C22H45N5O5/c1-2-3-4-5-6-7-8-9-10-13-20(28)27(16-11-14-23-25-18-21(29)30)17-12-15-24-26-19-22(31)32/h23-26H,2-19H2,1H3,(H,29,30)(H,31,32). The highest BCUT2D eigenvalue weighted by Gasteiger charge is 2.12. The molecule has 32 heavy (non-hydrogen) atoms. The Morgan fingerprint density at radius 2 is 1.06 bits per heavy atom. The van der Waals surface area contributed by atoms with Crippen molar-refractivity contribution in [3.05, 3.63) is 0 Å². The third kappa shape index (κ3) is 21.5. The van der Waals surface area contributed by atoms with E-state index in [1.54, 1.807) is 0 Å². The minimum atomic E-state index is -0.931. The molecular formula is C22H45N5O5. The number of amides is 1. The van der Waals surface area contributed by atoms with Gasteiger partial charge in [0.2, 0.25) is 5.91 Å². The zero-order valence-electron chi connectivity index (χ0n) is 19.8. The Balaban J connectivity index is 4.08. The summed E-state index contributed by atoms with van der Waals surface area (Å²) in [5.74, 6) is -1.72. The van der Waals surface area contributed by atoms with Crippen molar-refractivity contribution in [2.45, 2.75) is 84.0 Å². The molecule has 0 rings (SSSR count). The van der Waals surface area contributed by atoms with Crippen LogP contribution in [-0.2, 0) is 14.4 Å². The summed E-state index contributed by atoms with van der Waals surface area (Å²) in [4.78, 5) is 35.5. The van der Waals surface area contributed by atoms with Crippen LogP contribution in [0.3, 0.4) is 0 Å². The Morgan fingerprint density at radius 3 is 1.50 bits per heavy atom. The molecule has 0 spiro atoms. The van der Waals surface area contributed by atoms with Crippen molar-refractivity contribution in [3.63, 3.8) is 0 Å². The normalized spacial score (nSPS) is 10.9. The third-order valence-electron chi connectivity index (χ3n) is 5.04. The molecule has 0 atom stereocenters. The molecule has 0 saturated heterocycles. The zero-order valence-corrected chi connectivity index (χ0v) is 19.8. The van der Waals surface area contributed by atoms with Gasteiger partial charge in [0.15, 0.2) is 0 Å². The molecule has 1 amide bonds. The molecule has 10 heteroatoms. The van der Waals surface area contributed by atoms with Crippen molar-refractivity contribution in [1.29, 1.82) is 0 Å². The van der Waals surface area contributed by atoms with Gasteiger partial charge < -0.3 is 15.1 Å². The van der Waals surface area contributed by atoms with E-state index in [-0.39, 0.29) is 19.0 Å². The molecular weight excluding hydrogens is 414 g/mol. The highest BCUT2D eigenvalue weighted by molar-refractivity contribution is 5.76. The molecule has 0 saturated carbocycles. The summed E-state index contributed by atoms with van der Waals surface area (Å²) in [6.45, 7) is 4.23. The van der Waals surface area contributed by atoms with Crippen LogP contribution in [0.5, 0.6) is 0 Å². The van der Waals surface area contributed by atoms with Gasteiger partial charge >= 0.3 is 11.9 Å². The smallest absolute Gasteiger partial charge is 0.318 e. The summed E-state index contributed by atoms with van der Waals surface area (Å²) >= 11 is 0. The van der Waals surface area contributed by atoms with Crippen LogP contribution in [0.1, 0.15) is 84.0 Å². The molecule has 0 aliphatic carbocycles. The van der Waals surface area contributed by atoms with Gasteiger partial charge in [0.25, 0.3) is 0 Å². The van der Waals surface area contributed by atoms with E-state index in [1.807, 2.05) is 4.90 Å². The number of carboxylic acid groups (broad SMARTS) is 2. The number of aliphatic carboxylic acids is 2. The number of nitrogens with zero attached hydrogens (tertiary/aromatic N) is 1. The van der Waals surface area contributed by atoms with Crippen molar-refractivity contribution < 1.29 is 24.6 Å². The van der Waals surface area contributed by atoms with Crippen LogP contribution < -0.4 is 21.7 Å². The first-order valence-electron chi connectivity index (χ1n) is 12.1. The molecule has 0 radical (unpaired) electrons. The number of hydrogen-bond acceptors (Lipinski definition) is 7. The maximum atomic E-state index is 12.7. The van der Waals surface area contributed by atoms with Crippen LogP contribution in [0.25, 0.3) is 0 Å². The first kappa shape index (κ1) is 30.2. The Hall–Kier alpha value is -1.75. The molecule has 0 aliphatic rings. The maximum absolute atomic E-state index is 12.7. The molecule has 188 valence electrons. The number of nitrogens with one attached hydrogen (secondary N) is 4. The molecule has 0 fully saturated rings. The molecule has 0 unspecified atom stereocenters. The average molecular weight is 460 g/mol. The van der Waals surface area contributed by atoms with E-state index >= 15 is 0 Å². The SMILES string of the molecule is CCCCCCCCCCCC(=O)N(CCCNNCC(=O)O)CCCNNCC(=O)O. The topological polar surface area (TPSA) is 143 Å². The first-order valence-corrected chi connectivity index (χ1v) is 12.1. The summed E-state index contributed by atoms with van der Waals surface area (Å²) in [6.07, 6.45) is 12.9. The second kappa shape index (κ2) is 22.4. The van der Waals surface area contributed by atoms with Crippen LogP contribution in [0, 0.1) is 0 Å². The van der Waals surface area contributed by atoms with E-state index in [0.29, 0.717) is 45.4 Å². The lowest BCUT2D eigenvalue weighted by atomic mass is 10.1. The van der Waals surface area contributed by atoms with Gasteiger partial charge in [0.1, 0.15) is 13.1 Å². The Bertz CT molecular complexity index is 467. The quantitative estimate of drug-likeness (QED) is 0.0941. The number of carbonyl (C=O) groups excluding carboxylic acids is 1. The van der Waals surface area contributed by atoms with E-state index in [0.717, 1.165) is 12.8 Å². The fourth-order valence-corrected chi connectivity index (χ4v) is 3.28. The van der Waals surface area contributed by atoms with Crippen molar-refractivity contribution in [1.82, 2.24) is 26.6 Å². The number of unbranched alkanes of at least 4 members (excludes halogenated alkanes) is 8. The average Bonchev–Trinajstić information content (AvgIpc) is 2.75. The Morgan fingerprint density at radius 1 is 0.625 bits per heavy atom. The monoisotopic (exact) mass is 459 g/mol. The molecule has 0 bridgehead atoms. The van der Waals surface area contributed by atoms with Gasteiger partial charge in [-0.05, 0) is 19.3 Å². The molecule has 0 aromatic heterocycles. The molecule has 0 aliphatic heterocycles. The van der Waals surface area contributed by atoms with Crippen LogP contribution >= 0.6 is 0 Å². The second-order valence-electron chi connectivity index (χ2n) is 8.01. The molecule has 0 heterocycles. The second-order valence-corrected chi connectivity index (χ2v) is 8.01. The molecule has 0 aromatic rings. The van der Waals surface area contributed by atoms with Gasteiger partial charge in [-0.15, -0.1) is 0 Å². The fourth-order valence-electron chi connectivity index (χ4n) is 3.28. The Labute approximate surface area is 192 Å². The number of hydrogen-bond donors (Lipinski definition) is 6. The highest BCUT2D eigenvalue weighted by atomic mass is 16.4. The summed E-state index contributed by atoms with van der Waals surface area (Å²) in [6, 6.07) is 0. The van der Waals surface area contributed by atoms with Gasteiger partial charge in [0.05, 0.1) is 0 Å². The van der Waals surface area contributed by atoms with Gasteiger partial charge in [-0.2, -0.15) is 0 Å². The summed E-state index contributed by atoms with van der Waals surface area (Å²) in [7, 11) is 0. The summed E-state index contributed by atoms with van der Waals surface area (Å²) < 4.78 is 0. The van der Waals surface area contributed by atoms with Crippen molar-refractivity contribution in [2.75, 3.05) is 39.3 Å². The summed E-state index contributed by atoms with van der Waals surface area (Å²) in [5.41, 5.74) is 10.9. The van der Waals surface area contributed by atoms with Crippen LogP contribution in [0.2, 0.25) is 0 Å². The highest BCUT2D eigenvalue weighted by Crippen LogP contribution is 2.11. The predicted octanol–water partition coefficient (Wildman–Crippen LogP) is 1.87. The Kier molecular flexibility index (Phi) is 21.2. The minimum Gasteiger partial charge on any atom is -0.480 e. The van der Waals surface area contributed by atoms with E-state index in [2.05, 4.69) is 28.6 Å². The lowest BCUT2D eigenvalue weighted by molar-refractivity contribution is -0.137. The van der Waals surface area contributed by atoms with E-state index in [1.165, 1.54) is 44.9 Å². The largest absolute Gasteiger partial charge is 0.480 e. The van der Waals surface area contributed by atoms with Gasteiger partial charge in [-0.3, -0.25) is 25.2 Å². The first-order chi connectivity index (χ1) is 15.5. The van der Waals surface area contributed by atoms with Crippen LogP contribution in [0.15, 0.2) is 0 Å². The molecule has 6 N–H and O–H groups in total. The number of hydrazine groups is 2. The lowest BCUT2D eigenvalue weighted by Crippen LogP contribution is -2.40.